The van der Waals surface area contributed by atoms with Crippen molar-refractivity contribution in [2.45, 2.75) is 57.9 Å². The monoisotopic (exact) mass is 274 g/mol. The summed E-state index contributed by atoms with van der Waals surface area (Å²) in [5.41, 5.74) is 0. The lowest BCUT2D eigenvalue weighted by Gasteiger charge is -2.32. The van der Waals surface area contributed by atoms with E-state index in [2.05, 4.69) is 28.2 Å². The Balaban J connectivity index is 1.86. The van der Waals surface area contributed by atoms with Crippen molar-refractivity contribution in [3.8, 4) is 0 Å². The van der Waals surface area contributed by atoms with Gasteiger partial charge in [0, 0.05) is 32.1 Å². The number of anilines is 2. The molecule has 1 aromatic rings. The molecule has 0 bridgehead atoms. The van der Waals surface area contributed by atoms with Crippen molar-refractivity contribution in [3.05, 3.63) is 11.9 Å². The Bertz CT molecular complexity index is 460. The summed E-state index contributed by atoms with van der Waals surface area (Å²) in [7, 11) is 1.94. The molecule has 2 fully saturated rings. The van der Waals surface area contributed by atoms with Crippen LogP contribution in [0, 0.1) is 5.92 Å². The first-order chi connectivity index (χ1) is 9.81. The summed E-state index contributed by atoms with van der Waals surface area (Å²) >= 11 is 0. The van der Waals surface area contributed by atoms with Crippen LogP contribution >= 0.6 is 0 Å². The lowest BCUT2D eigenvalue weighted by Crippen LogP contribution is -2.35. The van der Waals surface area contributed by atoms with E-state index < -0.39 is 0 Å². The van der Waals surface area contributed by atoms with Gasteiger partial charge in [-0.05, 0) is 31.6 Å². The molecular formula is C16H26N4. The Labute approximate surface area is 122 Å². The minimum atomic E-state index is 0.720. The molecule has 1 saturated carbocycles. The number of nitrogens with one attached hydrogen (secondary N) is 1. The van der Waals surface area contributed by atoms with Crippen LogP contribution < -0.4 is 10.2 Å². The molecule has 2 unspecified atom stereocenters. The molecule has 2 aliphatic rings. The van der Waals surface area contributed by atoms with Gasteiger partial charge in [0.2, 0.25) is 0 Å². The molecular weight excluding hydrogens is 248 g/mol. The van der Waals surface area contributed by atoms with Gasteiger partial charge in [-0.1, -0.05) is 19.8 Å². The van der Waals surface area contributed by atoms with E-state index in [0.29, 0.717) is 0 Å². The Morgan fingerprint density at radius 2 is 2.10 bits per heavy atom. The van der Waals surface area contributed by atoms with Gasteiger partial charge in [0.05, 0.1) is 0 Å². The number of hydrogen-bond acceptors (Lipinski definition) is 4. The predicted octanol–water partition coefficient (Wildman–Crippen LogP) is 3.24. The van der Waals surface area contributed by atoms with Gasteiger partial charge >= 0.3 is 0 Å². The quantitative estimate of drug-likeness (QED) is 0.915. The number of nitrogens with zero attached hydrogens (tertiary/aromatic N) is 3. The van der Waals surface area contributed by atoms with Crippen LogP contribution in [-0.2, 0) is 6.42 Å². The van der Waals surface area contributed by atoms with Crippen LogP contribution in [0.5, 0.6) is 0 Å². The fraction of sp³-hybridized carbons (Fsp3) is 0.750. The van der Waals surface area contributed by atoms with Crippen LogP contribution in [0.1, 0.15) is 51.3 Å². The lowest BCUT2D eigenvalue weighted by atomic mass is 9.85. The van der Waals surface area contributed by atoms with Crippen molar-refractivity contribution in [3.63, 3.8) is 0 Å². The Kier molecular flexibility index (Phi) is 4.08. The number of rotatable bonds is 4. The molecule has 0 aromatic carbocycles. The van der Waals surface area contributed by atoms with E-state index in [9.17, 15) is 0 Å². The van der Waals surface area contributed by atoms with Gasteiger partial charge in [0.1, 0.15) is 17.5 Å². The molecule has 4 nitrogen and oxygen atoms in total. The second-order valence-corrected chi connectivity index (χ2v) is 6.12. The van der Waals surface area contributed by atoms with Crippen molar-refractivity contribution in [2.75, 3.05) is 23.8 Å². The van der Waals surface area contributed by atoms with E-state index in [-0.39, 0.29) is 0 Å². The van der Waals surface area contributed by atoms with Crippen molar-refractivity contribution in [2.24, 2.45) is 5.92 Å². The third-order valence-corrected chi connectivity index (χ3v) is 4.79. The molecule has 1 aliphatic heterocycles. The largest absolute Gasteiger partial charge is 0.373 e. The number of hydrogen-bond donors (Lipinski definition) is 1. The predicted molar refractivity (Wildman–Crippen MR) is 83.3 cm³/mol. The maximum atomic E-state index is 4.82. The maximum absolute atomic E-state index is 4.82. The average molecular weight is 274 g/mol. The van der Waals surface area contributed by atoms with E-state index in [1.807, 2.05) is 7.05 Å². The first-order valence-electron chi connectivity index (χ1n) is 8.14. The average Bonchev–Trinajstić information content (AvgIpc) is 2.91. The molecule has 0 spiro atoms. The SMILES string of the molecule is CCCc1nc(NC)cc(N2CCC3CCCCC32)n1. The highest BCUT2D eigenvalue weighted by Gasteiger charge is 2.36. The van der Waals surface area contributed by atoms with Crippen LogP contribution in [0.3, 0.4) is 0 Å². The maximum Gasteiger partial charge on any atom is 0.134 e. The zero-order valence-corrected chi connectivity index (χ0v) is 12.7. The molecule has 3 rings (SSSR count). The molecule has 20 heavy (non-hydrogen) atoms. The summed E-state index contributed by atoms with van der Waals surface area (Å²) in [6, 6.07) is 2.84. The van der Waals surface area contributed by atoms with Gasteiger partial charge in [0.15, 0.2) is 0 Å². The van der Waals surface area contributed by atoms with E-state index in [4.69, 9.17) is 4.98 Å². The first kappa shape index (κ1) is 13.7. The van der Waals surface area contributed by atoms with Crippen LogP contribution in [-0.4, -0.2) is 29.6 Å². The summed E-state index contributed by atoms with van der Waals surface area (Å²) in [5.74, 6) is 3.97. The Hall–Kier alpha value is -1.32. The second-order valence-electron chi connectivity index (χ2n) is 6.12. The minimum absolute atomic E-state index is 0.720. The second kappa shape index (κ2) is 5.98. The zero-order valence-electron chi connectivity index (χ0n) is 12.7. The Morgan fingerprint density at radius 3 is 2.90 bits per heavy atom. The summed E-state index contributed by atoms with van der Waals surface area (Å²) in [6.45, 7) is 3.35. The zero-order chi connectivity index (χ0) is 13.9. The van der Waals surface area contributed by atoms with Gasteiger partial charge < -0.3 is 10.2 Å². The van der Waals surface area contributed by atoms with E-state index >= 15 is 0 Å². The number of aryl methyl sites for hydroxylation is 1. The summed E-state index contributed by atoms with van der Waals surface area (Å²) in [6.07, 6.45) is 8.94. The van der Waals surface area contributed by atoms with Crippen LogP contribution in [0.15, 0.2) is 6.07 Å². The van der Waals surface area contributed by atoms with Gasteiger partial charge in [0.25, 0.3) is 0 Å². The van der Waals surface area contributed by atoms with E-state index in [1.165, 1.54) is 38.6 Å². The molecule has 110 valence electrons. The Morgan fingerprint density at radius 1 is 1.25 bits per heavy atom. The molecule has 4 heteroatoms. The van der Waals surface area contributed by atoms with Gasteiger partial charge in [-0.3, -0.25) is 0 Å². The van der Waals surface area contributed by atoms with Crippen molar-refractivity contribution < 1.29 is 0 Å². The van der Waals surface area contributed by atoms with Crippen molar-refractivity contribution >= 4 is 11.6 Å². The summed E-state index contributed by atoms with van der Waals surface area (Å²) in [5, 5.41) is 3.18. The van der Waals surface area contributed by atoms with Gasteiger partial charge in [-0.2, -0.15) is 0 Å². The third-order valence-electron chi connectivity index (χ3n) is 4.79. The molecule has 1 aliphatic carbocycles. The normalized spacial score (nSPS) is 25.6. The molecule has 2 atom stereocenters. The van der Waals surface area contributed by atoms with E-state index in [0.717, 1.165) is 42.3 Å². The highest BCUT2D eigenvalue weighted by atomic mass is 15.2. The van der Waals surface area contributed by atoms with E-state index in [1.54, 1.807) is 0 Å². The summed E-state index contributed by atoms with van der Waals surface area (Å²) < 4.78 is 0. The van der Waals surface area contributed by atoms with Crippen LogP contribution in [0.2, 0.25) is 0 Å². The molecule has 0 radical (unpaired) electrons. The first-order valence-corrected chi connectivity index (χ1v) is 8.14. The van der Waals surface area contributed by atoms with Crippen LogP contribution in [0.25, 0.3) is 0 Å². The van der Waals surface area contributed by atoms with Crippen molar-refractivity contribution in [1.29, 1.82) is 0 Å². The minimum Gasteiger partial charge on any atom is -0.373 e. The molecule has 0 amide bonds. The number of aromatic nitrogens is 2. The highest BCUT2D eigenvalue weighted by molar-refractivity contribution is 5.51. The summed E-state index contributed by atoms with van der Waals surface area (Å²) in [4.78, 5) is 11.9. The van der Waals surface area contributed by atoms with Gasteiger partial charge in [-0.15, -0.1) is 0 Å². The third kappa shape index (κ3) is 2.60. The topological polar surface area (TPSA) is 41.1 Å². The molecule has 1 aromatic heterocycles. The molecule has 2 heterocycles. The standard InChI is InChI=1S/C16H26N4/c1-3-6-14-18-15(17-2)11-16(19-14)20-10-9-12-7-4-5-8-13(12)20/h11-13H,3-10H2,1-2H3,(H,17,18,19). The van der Waals surface area contributed by atoms with Gasteiger partial charge in [-0.25, -0.2) is 9.97 Å². The van der Waals surface area contributed by atoms with Crippen LogP contribution in [0.4, 0.5) is 11.6 Å². The highest BCUT2D eigenvalue weighted by Crippen LogP contribution is 2.38. The number of fused-ring (bicyclic) bond motifs is 1. The van der Waals surface area contributed by atoms with Crippen molar-refractivity contribution in [1.82, 2.24) is 9.97 Å². The lowest BCUT2D eigenvalue weighted by molar-refractivity contribution is 0.341. The molecule has 1 saturated heterocycles. The fourth-order valence-electron chi connectivity index (χ4n) is 3.78. The molecule has 1 N–H and O–H groups in total. The fourth-order valence-corrected chi connectivity index (χ4v) is 3.78. The smallest absolute Gasteiger partial charge is 0.134 e.